The zero-order valence-electron chi connectivity index (χ0n) is 12.1. The summed E-state index contributed by atoms with van der Waals surface area (Å²) >= 11 is 0. The molecule has 0 heterocycles. The second kappa shape index (κ2) is 6.16. The molecule has 0 saturated heterocycles. The van der Waals surface area contributed by atoms with Crippen molar-refractivity contribution in [2.24, 2.45) is 0 Å². The molecule has 0 aromatic heterocycles. The summed E-state index contributed by atoms with van der Waals surface area (Å²) in [6.07, 6.45) is 3.52. The Kier molecular flexibility index (Phi) is 4.08. The van der Waals surface area contributed by atoms with E-state index in [-0.39, 0.29) is 0 Å². The first-order valence-electron chi connectivity index (χ1n) is 7.61. The predicted molar refractivity (Wildman–Crippen MR) is 85.9 cm³/mol. The molecule has 0 amide bonds. The molecule has 0 aliphatic heterocycles. The molecule has 21 heavy (non-hydrogen) atoms. The van der Waals surface area contributed by atoms with Crippen molar-refractivity contribution in [3.05, 3.63) is 71.8 Å². The molecule has 1 heteroatoms. The monoisotopic (exact) mass is 276 g/mol. The maximum Gasteiger partial charge on any atom is 0.125 e. The fourth-order valence-corrected chi connectivity index (χ4v) is 2.99. The first-order valence-corrected chi connectivity index (χ1v) is 7.61. The Hall–Kier alpha value is -2.04. The zero-order valence-corrected chi connectivity index (χ0v) is 12.1. The lowest BCUT2D eigenvalue weighted by Gasteiger charge is -2.32. The molecule has 2 aromatic rings. The van der Waals surface area contributed by atoms with E-state index < -0.39 is 5.60 Å². The summed E-state index contributed by atoms with van der Waals surface area (Å²) in [5.41, 5.74) is 1.54. The van der Waals surface area contributed by atoms with Crippen LogP contribution in [-0.4, -0.2) is 10.7 Å². The van der Waals surface area contributed by atoms with Gasteiger partial charge in [-0.2, -0.15) is 0 Å². The van der Waals surface area contributed by atoms with Gasteiger partial charge in [0, 0.05) is 5.56 Å². The number of hydrogen-bond donors (Lipinski definition) is 1. The van der Waals surface area contributed by atoms with Gasteiger partial charge in [0.05, 0.1) is 0 Å². The molecule has 1 N–H and O–H groups in total. The maximum atomic E-state index is 10.6. The number of benzene rings is 2. The van der Waals surface area contributed by atoms with Crippen molar-refractivity contribution in [3.8, 4) is 11.8 Å². The summed E-state index contributed by atoms with van der Waals surface area (Å²) in [4.78, 5) is 0. The Labute approximate surface area is 126 Å². The Bertz CT molecular complexity index is 626. The molecule has 0 spiro atoms. The van der Waals surface area contributed by atoms with Crippen LogP contribution in [0, 0.1) is 11.8 Å². The molecule has 0 atom stereocenters. The van der Waals surface area contributed by atoms with Crippen LogP contribution in [0.1, 0.15) is 42.7 Å². The van der Waals surface area contributed by atoms with Crippen LogP contribution in [0.3, 0.4) is 0 Å². The van der Waals surface area contributed by atoms with Gasteiger partial charge in [-0.1, -0.05) is 60.4 Å². The van der Waals surface area contributed by atoms with E-state index in [0.717, 1.165) is 31.2 Å². The van der Waals surface area contributed by atoms with Gasteiger partial charge in [-0.3, -0.25) is 0 Å². The van der Waals surface area contributed by atoms with Crippen LogP contribution in [0.2, 0.25) is 0 Å². The maximum absolute atomic E-state index is 10.6. The zero-order chi connectivity index (χ0) is 14.5. The molecule has 106 valence electrons. The summed E-state index contributed by atoms with van der Waals surface area (Å²) < 4.78 is 0. The van der Waals surface area contributed by atoms with Gasteiger partial charge in [-0.05, 0) is 49.3 Å². The van der Waals surface area contributed by atoms with E-state index in [0.29, 0.717) is 5.92 Å². The third kappa shape index (κ3) is 3.54. The summed E-state index contributed by atoms with van der Waals surface area (Å²) in [5.74, 6) is 6.76. The highest BCUT2D eigenvalue weighted by atomic mass is 16.3. The third-order valence-electron chi connectivity index (χ3n) is 4.30. The highest BCUT2D eigenvalue weighted by Gasteiger charge is 2.31. The van der Waals surface area contributed by atoms with Gasteiger partial charge in [-0.15, -0.1) is 0 Å². The minimum absolute atomic E-state index is 0.560. The molecule has 0 unspecified atom stereocenters. The van der Waals surface area contributed by atoms with Crippen molar-refractivity contribution in [1.29, 1.82) is 0 Å². The Balaban J connectivity index is 1.66. The standard InChI is InChI=1S/C20H20O/c21-20(14-11-17-7-3-1-4-8-17)15-12-19(13-16-20)18-9-5-2-6-10-18/h1-10,19,21H,12-13,15-16H2. The molecule has 1 fully saturated rings. The van der Waals surface area contributed by atoms with Crippen LogP contribution in [0.5, 0.6) is 0 Å². The van der Waals surface area contributed by atoms with Crippen LogP contribution in [0.4, 0.5) is 0 Å². The van der Waals surface area contributed by atoms with Crippen LogP contribution in [0.25, 0.3) is 0 Å². The van der Waals surface area contributed by atoms with Gasteiger partial charge in [0.15, 0.2) is 0 Å². The number of rotatable bonds is 1. The normalized spacial score (nSPS) is 24.9. The Morgan fingerprint density at radius 1 is 0.857 bits per heavy atom. The molecule has 1 aliphatic rings. The highest BCUT2D eigenvalue weighted by molar-refractivity contribution is 5.36. The third-order valence-corrected chi connectivity index (χ3v) is 4.30. The average molecular weight is 276 g/mol. The van der Waals surface area contributed by atoms with Gasteiger partial charge < -0.3 is 5.11 Å². The predicted octanol–water partition coefficient (Wildman–Crippen LogP) is 4.13. The topological polar surface area (TPSA) is 20.2 Å². The fraction of sp³-hybridized carbons (Fsp3) is 0.300. The molecule has 1 nitrogen and oxygen atoms in total. The van der Waals surface area contributed by atoms with Gasteiger partial charge in [-0.25, -0.2) is 0 Å². The van der Waals surface area contributed by atoms with Crippen molar-refractivity contribution in [3.63, 3.8) is 0 Å². The smallest absolute Gasteiger partial charge is 0.125 e. The van der Waals surface area contributed by atoms with Gasteiger partial charge >= 0.3 is 0 Å². The van der Waals surface area contributed by atoms with E-state index in [9.17, 15) is 5.11 Å². The highest BCUT2D eigenvalue weighted by Crippen LogP contribution is 2.37. The molecule has 0 bridgehead atoms. The van der Waals surface area contributed by atoms with Gasteiger partial charge in [0.25, 0.3) is 0 Å². The van der Waals surface area contributed by atoms with E-state index in [2.05, 4.69) is 36.1 Å². The second-order valence-electron chi connectivity index (χ2n) is 5.83. The Morgan fingerprint density at radius 2 is 1.43 bits per heavy atom. The molecule has 3 rings (SSSR count). The lowest BCUT2D eigenvalue weighted by molar-refractivity contribution is 0.0548. The number of hydrogen-bond acceptors (Lipinski definition) is 1. The molecular formula is C20H20O. The van der Waals surface area contributed by atoms with E-state index >= 15 is 0 Å². The van der Waals surface area contributed by atoms with Crippen LogP contribution in [-0.2, 0) is 0 Å². The summed E-state index contributed by atoms with van der Waals surface area (Å²) in [6, 6.07) is 20.5. The second-order valence-corrected chi connectivity index (χ2v) is 5.83. The molecular weight excluding hydrogens is 256 g/mol. The minimum atomic E-state index is -0.818. The van der Waals surface area contributed by atoms with E-state index in [1.54, 1.807) is 0 Å². The minimum Gasteiger partial charge on any atom is -0.378 e. The van der Waals surface area contributed by atoms with Crippen LogP contribution < -0.4 is 0 Å². The van der Waals surface area contributed by atoms with E-state index in [4.69, 9.17) is 0 Å². The summed E-state index contributed by atoms with van der Waals surface area (Å²) in [7, 11) is 0. The van der Waals surface area contributed by atoms with E-state index in [1.807, 2.05) is 36.4 Å². The lowest BCUT2D eigenvalue weighted by Crippen LogP contribution is -2.31. The van der Waals surface area contributed by atoms with Crippen molar-refractivity contribution >= 4 is 0 Å². The molecule has 0 radical (unpaired) electrons. The van der Waals surface area contributed by atoms with E-state index in [1.165, 1.54) is 5.56 Å². The Morgan fingerprint density at radius 3 is 2.05 bits per heavy atom. The van der Waals surface area contributed by atoms with Crippen molar-refractivity contribution in [1.82, 2.24) is 0 Å². The van der Waals surface area contributed by atoms with Crippen molar-refractivity contribution < 1.29 is 5.11 Å². The van der Waals surface area contributed by atoms with Crippen LogP contribution >= 0.6 is 0 Å². The summed E-state index contributed by atoms with van der Waals surface area (Å²) in [6.45, 7) is 0. The molecule has 1 saturated carbocycles. The largest absolute Gasteiger partial charge is 0.378 e. The first-order chi connectivity index (χ1) is 10.3. The van der Waals surface area contributed by atoms with Crippen molar-refractivity contribution in [2.45, 2.75) is 37.2 Å². The fourth-order valence-electron chi connectivity index (χ4n) is 2.99. The quantitative estimate of drug-likeness (QED) is 0.777. The number of aliphatic hydroxyl groups is 1. The van der Waals surface area contributed by atoms with Crippen molar-refractivity contribution in [2.75, 3.05) is 0 Å². The van der Waals surface area contributed by atoms with Gasteiger partial charge in [0.1, 0.15) is 5.60 Å². The SMILES string of the molecule is OC1(C#Cc2ccccc2)CCC(c2ccccc2)CC1. The molecule has 1 aliphatic carbocycles. The lowest BCUT2D eigenvalue weighted by atomic mass is 9.76. The molecule has 2 aromatic carbocycles. The first kappa shape index (κ1) is 13.9. The summed E-state index contributed by atoms with van der Waals surface area (Å²) in [5, 5.41) is 10.6. The average Bonchev–Trinajstić information content (AvgIpc) is 2.56. The van der Waals surface area contributed by atoms with Gasteiger partial charge in [0.2, 0.25) is 0 Å². The van der Waals surface area contributed by atoms with Crippen LogP contribution in [0.15, 0.2) is 60.7 Å².